The number of benzene rings is 1. The molecular formula is C23H30N6O6S. The molecule has 12 nitrogen and oxygen atoms in total. The van der Waals surface area contributed by atoms with E-state index in [2.05, 4.69) is 33.2 Å². The van der Waals surface area contributed by atoms with Crippen LogP contribution in [-0.4, -0.2) is 85.2 Å². The molecule has 1 saturated heterocycles. The Bertz CT molecular complexity index is 1060. The highest BCUT2D eigenvalue weighted by Gasteiger charge is 2.38. The second-order valence-electron chi connectivity index (χ2n) is 8.59. The molecule has 1 aromatic carbocycles. The van der Waals surface area contributed by atoms with Gasteiger partial charge in [-0.2, -0.15) is 12.6 Å². The Morgan fingerprint density at radius 2 is 1.83 bits per heavy atom. The number of rotatable bonds is 11. The Morgan fingerprint density at radius 1 is 1.14 bits per heavy atom. The first-order valence-corrected chi connectivity index (χ1v) is 12.1. The minimum atomic E-state index is -1.11. The van der Waals surface area contributed by atoms with E-state index in [4.69, 9.17) is 5.73 Å². The van der Waals surface area contributed by atoms with E-state index >= 15 is 0 Å². The molecule has 36 heavy (non-hydrogen) atoms. The third-order valence-electron chi connectivity index (χ3n) is 5.96. The summed E-state index contributed by atoms with van der Waals surface area (Å²) in [5.74, 6) is -2.90. The molecule has 13 heteroatoms. The largest absolute Gasteiger partial charge is 0.508 e. The zero-order valence-corrected chi connectivity index (χ0v) is 20.4. The van der Waals surface area contributed by atoms with Crippen LogP contribution in [0.25, 0.3) is 0 Å². The molecule has 0 aliphatic carbocycles. The number of aromatic hydroxyl groups is 1. The van der Waals surface area contributed by atoms with Crippen molar-refractivity contribution in [2.75, 3.05) is 12.3 Å². The van der Waals surface area contributed by atoms with Gasteiger partial charge in [-0.15, -0.1) is 0 Å². The van der Waals surface area contributed by atoms with Crippen molar-refractivity contribution in [3.8, 4) is 5.75 Å². The van der Waals surface area contributed by atoms with Gasteiger partial charge in [0.2, 0.25) is 17.7 Å². The van der Waals surface area contributed by atoms with Crippen molar-refractivity contribution in [1.82, 2.24) is 25.5 Å². The number of carboxylic acid groups (broad SMARTS) is 1. The summed E-state index contributed by atoms with van der Waals surface area (Å²) in [6.45, 7) is 0.257. The van der Waals surface area contributed by atoms with Crippen molar-refractivity contribution in [2.24, 2.45) is 5.73 Å². The molecule has 7 N–H and O–H groups in total. The maximum Gasteiger partial charge on any atom is 0.326 e. The van der Waals surface area contributed by atoms with Gasteiger partial charge in [0.05, 0.1) is 12.4 Å². The highest BCUT2D eigenvalue weighted by atomic mass is 32.1. The number of nitrogens with one attached hydrogen (secondary N) is 3. The van der Waals surface area contributed by atoms with E-state index in [1.165, 1.54) is 29.6 Å². The van der Waals surface area contributed by atoms with Crippen LogP contribution in [0, 0.1) is 0 Å². The summed E-state index contributed by atoms with van der Waals surface area (Å²) >= 11 is 4.17. The van der Waals surface area contributed by atoms with E-state index in [0.29, 0.717) is 24.1 Å². The van der Waals surface area contributed by atoms with Crippen molar-refractivity contribution in [1.29, 1.82) is 0 Å². The van der Waals surface area contributed by atoms with E-state index < -0.39 is 47.9 Å². The number of imidazole rings is 1. The summed E-state index contributed by atoms with van der Waals surface area (Å²) < 4.78 is 0. The third kappa shape index (κ3) is 6.98. The van der Waals surface area contributed by atoms with Crippen LogP contribution in [0.2, 0.25) is 0 Å². The number of nitrogens with two attached hydrogens (primary N) is 1. The molecule has 3 amide bonds. The topological polar surface area (TPSA) is 191 Å². The maximum atomic E-state index is 13.3. The second kappa shape index (κ2) is 12.4. The number of carboxylic acids is 1. The van der Waals surface area contributed by atoms with Gasteiger partial charge < -0.3 is 36.5 Å². The highest BCUT2D eigenvalue weighted by Crippen LogP contribution is 2.20. The Balaban J connectivity index is 1.72. The smallest absolute Gasteiger partial charge is 0.326 e. The minimum absolute atomic E-state index is 0.0421. The molecule has 4 atom stereocenters. The number of amides is 3. The Kier molecular flexibility index (Phi) is 9.31. The first-order valence-electron chi connectivity index (χ1n) is 11.4. The van der Waals surface area contributed by atoms with Crippen LogP contribution in [0.3, 0.4) is 0 Å². The number of phenolic OH excluding ortho intramolecular Hbond substituents is 1. The van der Waals surface area contributed by atoms with E-state index in [9.17, 15) is 29.4 Å². The van der Waals surface area contributed by atoms with E-state index in [-0.39, 0.29) is 30.9 Å². The van der Waals surface area contributed by atoms with Crippen LogP contribution < -0.4 is 16.4 Å². The number of aliphatic carboxylic acids is 1. The van der Waals surface area contributed by atoms with Crippen LogP contribution in [-0.2, 0) is 32.0 Å². The number of phenols is 1. The molecule has 4 unspecified atom stereocenters. The molecule has 1 aliphatic rings. The van der Waals surface area contributed by atoms with Gasteiger partial charge in [0, 0.05) is 37.0 Å². The molecule has 1 aliphatic heterocycles. The van der Waals surface area contributed by atoms with E-state index in [1.54, 1.807) is 12.1 Å². The monoisotopic (exact) mass is 518 g/mol. The molecule has 0 bridgehead atoms. The van der Waals surface area contributed by atoms with Gasteiger partial charge >= 0.3 is 5.97 Å². The lowest BCUT2D eigenvalue weighted by Gasteiger charge is -2.29. The van der Waals surface area contributed by atoms with Crippen molar-refractivity contribution in [3.05, 3.63) is 48.0 Å². The summed E-state index contributed by atoms with van der Waals surface area (Å²) in [6, 6.07) is 2.00. The number of H-pyrrole nitrogens is 1. The number of nitrogens with zero attached hydrogens (tertiary/aromatic N) is 2. The third-order valence-corrected chi connectivity index (χ3v) is 6.32. The first kappa shape index (κ1) is 27.0. The van der Waals surface area contributed by atoms with Crippen molar-refractivity contribution < 1.29 is 29.4 Å². The molecule has 3 rings (SSSR count). The quantitative estimate of drug-likeness (QED) is 0.188. The highest BCUT2D eigenvalue weighted by molar-refractivity contribution is 7.80. The SMILES string of the molecule is NC(Cc1cnc[nH]1)C(=O)NC(CS)C(=O)NC(Cc1ccc(O)cc1)C(=O)N1CCCC1C(=O)O. The van der Waals surface area contributed by atoms with Crippen molar-refractivity contribution in [3.63, 3.8) is 0 Å². The van der Waals surface area contributed by atoms with Crippen LogP contribution in [0.4, 0.5) is 0 Å². The Hall–Kier alpha value is -3.58. The molecule has 1 aromatic heterocycles. The van der Waals surface area contributed by atoms with Gasteiger partial charge in [-0.3, -0.25) is 14.4 Å². The predicted octanol–water partition coefficient (Wildman–Crippen LogP) is -0.797. The average Bonchev–Trinajstić information content (AvgIpc) is 3.55. The Labute approximate surface area is 213 Å². The lowest BCUT2D eigenvalue weighted by molar-refractivity contribution is -0.149. The average molecular weight is 519 g/mol. The summed E-state index contributed by atoms with van der Waals surface area (Å²) in [7, 11) is 0. The van der Waals surface area contributed by atoms with Crippen LogP contribution in [0.1, 0.15) is 24.1 Å². The van der Waals surface area contributed by atoms with Gasteiger partial charge in [0.25, 0.3) is 0 Å². The lowest BCUT2D eigenvalue weighted by Crippen LogP contribution is -2.58. The number of aromatic nitrogens is 2. The number of hydrogen-bond acceptors (Lipinski definition) is 8. The standard InChI is InChI=1S/C23H30N6O6S/c24-16(9-14-10-25-12-26-14)20(31)28-18(11-36)21(32)27-17(8-13-3-5-15(30)6-4-13)22(33)29-7-1-2-19(29)23(34)35/h3-6,10,12,16-19,30,36H,1-2,7-9,11,24H2,(H,25,26)(H,27,32)(H,28,31)(H,34,35). The van der Waals surface area contributed by atoms with Crippen LogP contribution in [0.5, 0.6) is 5.75 Å². The Morgan fingerprint density at radius 3 is 2.44 bits per heavy atom. The molecular weight excluding hydrogens is 488 g/mol. The number of likely N-dealkylation sites (tertiary alicyclic amines) is 1. The lowest BCUT2D eigenvalue weighted by atomic mass is 10.0. The van der Waals surface area contributed by atoms with E-state index in [0.717, 1.165) is 0 Å². The van der Waals surface area contributed by atoms with Crippen molar-refractivity contribution >= 4 is 36.3 Å². The minimum Gasteiger partial charge on any atom is -0.508 e. The molecule has 2 aromatic rings. The number of carbonyl (C=O) groups excluding carboxylic acids is 3. The number of hydrogen-bond donors (Lipinski definition) is 7. The zero-order chi connectivity index (χ0) is 26.2. The normalized spacial score (nSPS) is 17.7. The fourth-order valence-electron chi connectivity index (χ4n) is 4.03. The van der Waals surface area contributed by atoms with Crippen LogP contribution >= 0.6 is 12.6 Å². The van der Waals surface area contributed by atoms with E-state index in [1.807, 2.05) is 0 Å². The predicted molar refractivity (Wildman–Crippen MR) is 132 cm³/mol. The van der Waals surface area contributed by atoms with Crippen LogP contribution in [0.15, 0.2) is 36.8 Å². The van der Waals surface area contributed by atoms with Crippen molar-refractivity contribution in [2.45, 2.75) is 49.9 Å². The van der Waals surface area contributed by atoms with Gasteiger partial charge in [-0.1, -0.05) is 12.1 Å². The molecule has 194 valence electrons. The zero-order valence-electron chi connectivity index (χ0n) is 19.5. The molecule has 0 radical (unpaired) electrons. The maximum absolute atomic E-state index is 13.3. The summed E-state index contributed by atoms with van der Waals surface area (Å²) in [6.07, 6.45) is 4.10. The fraction of sp³-hybridized carbons (Fsp3) is 0.435. The molecule has 0 saturated carbocycles. The van der Waals surface area contributed by atoms with Gasteiger partial charge in [0.1, 0.15) is 23.9 Å². The summed E-state index contributed by atoms with van der Waals surface area (Å²) in [5.41, 5.74) is 7.25. The summed E-state index contributed by atoms with van der Waals surface area (Å²) in [5, 5.41) is 24.3. The van der Waals surface area contributed by atoms with Gasteiger partial charge in [-0.25, -0.2) is 9.78 Å². The molecule has 0 spiro atoms. The molecule has 1 fully saturated rings. The number of thiol groups is 1. The van der Waals surface area contributed by atoms with Gasteiger partial charge in [0.15, 0.2) is 0 Å². The fourth-order valence-corrected chi connectivity index (χ4v) is 4.28. The second-order valence-corrected chi connectivity index (χ2v) is 8.96. The molecule has 2 heterocycles. The number of carbonyl (C=O) groups is 4. The number of aromatic amines is 1. The first-order chi connectivity index (χ1) is 17.2. The summed E-state index contributed by atoms with van der Waals surface area (Å²) in [4.78, 5) is 58.6. The van der Waals surface area contributed by atoms with Gasteiger partial charge in [-0.05, 0) is 30.5 Å².